The van der Waals surface area contributed by atoms with Crippen molar-refractivity contribution >= 4 is 11.0 Å². The average molecular weight is 311 g/mol. The van der Waals surface area contributed by atoms with Crippen LogP contribution in [0.3, 0.4) is 0 Å². The Morgan fingerprint density at radius 3 is 2.55 bits per heavy atom. The fourth-order valence-corrected chi connectivity index (χ4v) is 3.13. The molecule has 22 heavy (non-hydrogen) atoms. The molecule has 1 saturated carbocycles. The summed E-state index contributed by atoms with van der Waals surface area (Å²) in [6, 6.07) is 1.87. The van der Waals surface area contributed by atoms with Crippen LogP contribution >= 0.6 is 0 Å². The average Bonchev–Trinajstić information content (AvgIpc) is 2.82. The molecule has 0 radical (unpaired) electrons. The van der Waals surface area contributed by atoms with E-state index in [4.69, 9.17) is 0 Å². The number of rotatable bonds is 3. The Bertz CT molecular complexity index is 657. The van der Waals surface area contributed by atoms with E-state index in [9.17, 15) is 13.6 Å². The van der Waals surface area contributed by atoms with Gasteiger partial charge in [0.25, 0.3) is 6.43 Å². The minimum absolute atomic E-state index is 0.125. The van der Waals surface area contributed by atoms with E-state index < -0.39 is 13.0 Å². The van der Waals surface area contributed by atoms with Gasteiger partial charge in [0.05, 0.1) is 23.8 Å². The number of alkyl halides is 2. The number of fused-ring (bicyclic) bond motifs is 1. The molecule has 0 amide bonds. The van der Waals surface area contributed by atoms with Crippen molar-refractivity contribution in [2.24, 2.45) is 0 Å². The highest BCUT2D eigenvalue weighted by Crippen LogP contribution is 2.29. The van der Waals surface area contributed by atoms with E-state index >= 15 is 0 Å². The van der Waals surface area contributed by atoms with Crippen molar-refractivity contribution in [3.05, 3.63) is 28.9 Å². The lowest BCUT2D eigenvalue weighted by Gasteiger charge is -2.22. The molecule has 0 unspecified atom stereocenters. The van der Waals surface area contributed by atoms with E-state index in [1.807, 2.05) is 13.8 Å². The molecule has 0 aliphatic heterocycles. The molecule has 6 heteroatoms. The molecule has 0 aromatic carbocycles. The molecule has 1 fully saturated rings. The van der Waals surface area contributed by atoms with Crippen LogP contribution in [0.15, 0.2) is 23.3 Å². The van der Waals surface area contributed by atoms with Crippen molar-refractivity contribution < 1.29 is 8.78 Å². The second-order valence-corrected chi connectivity index (χ2v) is 5.31. The molecule has 0 spiro atoms. The molecular weight excluding hydrogens is 288 g/mol. The van der Waals surface area contributed by atoms with E-state index in [1.165, 1.54) is 12.6 Å². The second kappa shape index (κ2) is 7.51. The molecule has 2 heterocycles. The molecule has 2 aromatic heterocycles. The van der Waals surface area contributed by atoms with E-state index in [0.29, 0.717) is 5.52 Å². The zero-order chi connectivity index (χ0) is 16.1. The summed E-state index contributed by atoms with van der Waals surface area (Å²) < 4.78 is 28.2. The van der Waals surface area contributed by atoms with E-state index in [2.05, 4.69) is 4.98 Å². The topological polar surface area (TPSA) is 39.8 Å². The highest BCUT2D eigenvalue weighted by molar-refractivity contribution is 5.75. The molecule has 0 N–H and O–H groups in total. The third kappa shape index (κ3) is 3.20. The van der Waals surface area contributed by atoms with Crippen molar-refractivity contribution in [2.75, 3.05) is 0 Å². The largest absolute Gasteiger partial charge is 0.329 e. The Labute approximate surface area is 128 Å². The summed E-state index contributed by atoms with van der Waals surface area (Å²) in [5.74, 6) is 0. The number of pyridine rings is 1. The van der Waals surface area contributed by atoms with Gasteiger partial charge in [-0.3, -0.25) is 14.1 Å². The van der Waals surface area contributed by atoms with Gasteiger partial charge in [-0.1, -0.05) is 33.1 Å². The standard InChI is InChI=1S/C14H17F2N3O.C2H6/c15-13(16)9-18-12-8-17-7-6-11(12)19(14(18)20)10-4-2-1-3-5-10;1-2/h6-8,10,13H,1-5,9H2;1-2H3. The maximum Gasteiger partial charge on any atom is 0.329 e. The fourth-order valence-electron chi connectivity index (χ4n) is 3.13. The molecular formula is C16H23F2N3O. The lowest BCUT2D eigenvalue weighted by molar-refractivity contribution is 0.126. The second-order valence-electron chi connectivity index (χ2n) is 5.31. The Kier molecular flexibility index (Phi) is 5.69. The number of imidazole rings is 1. The first-order valence-corrected chi connectivity index (χ1v) is 8.01. The van der Waals surface area contributed by atoms with Crippen LogP contribution in [0, 0.1) is 0 Å². The first-order valence-electron chi connectivity index (χ1n) is 8.01. The Balaban J connectivity index is 0.000000847. The first kappa shape index (κ1) is 16.6. The van der Waals surface area contributed by atoms with Crippen LogP contribution in [0.5, 0.6) is 0 Å². The third-order valence-electron chi connectivity index (χ3n) is 4.03. The van der Waals surface area contributed by atoms with Gasteiger partial charge in [0.2, 0.25) is 0 Å². The zero-order valence-electron chi connectivity index (χ0n) is 13.1. The van der Waals surface area contributed by atoms with Crippen molar-refractivity contribution in [1.29, 1.82) is 0 Å². The van der Waals surface area contributed by atoms with Gasteiger partial charge < -0.3 is 0 Å². The number of nitrogens with zero attached hydrogens (tertiary/aromatic N) is 3. The van der Waals surface area contributed by atoms with Crippen LogP contribution < -0.4 is 5.69 Å². The number of hydrogen-bond donors (Lipinski definition) is 0. The number of hydrogen-bond acceptors (Lipinski definition) is 2. The normalized spacial score (nSPS) is 15.9. The van der Waals surface area contributed by atoms with Crippen LogP contribution in [0.1, 0.15) is 52.0 Å². The van der Waals surface area contributed by atoms with Crippen LogP contribution in [0.2, 0.25) is 0 Å². The molecule has 0 atom stereocenters. The monoisotopic (exact) mass is 311 g/mol. The van der Waals surface area contributed by atoms with E-state index in [0.717, 1.165) is 35.8 Å². The van der Waals surface area contributed by atoms with Crippen molar-refractivity contribution in [3.8, 4) is 0 Å². The molecule has 1 aliphatic carbocycles. The minimum Gasteiger partial charge on any atom is -0.289 e. The maximum atomic E-state index is 12.7. The highest BCUT2D eigenvalue weighted by Gasteiger charge is 2.23. The molecule has 1 aliphatic rings. The van der Waals surface area contributed by atoms with Crippen molar-refractivity contribution in [2.45, 2.75) is 65.0 Å². The van der Waals surface area contributed by atoms with Crippen LogP contribution in [-0.2, 0) is 6.54 Å². The Morgan fingerprint density at radius 1 is 1.23 bits per heavy atom. The van der Waals surface area contributed by atoms with Crippen LogP contribution in [0.25, 0.3) is 11.0 Å². The van der Waals surface area contributed by atoms with Gasteiger partial charge in [-0.05, 0) is 18.9 Å². The summed E-state index contributed by atoms with van der Waals surface area (Å²) in [6.45, 7) is 3.43. The van der Waals surface area contributed by atoms with Gasteiger partial charge in [-0.25, -0.2) is 13.6 Å². The van der Waals surface area contributed by atoms with Crippen LogP contribution in [0.4, 0.5) is 8.78 Å². The van der Waals surface area contributed by atoms with Crippen molar-refractivity contribution in [1.82, 2.24) is 14.1 Å². The Morgan fingerprint density at radius 2 is 1.91 bits per heavy atom. The summed E-state index contributed by atoms with van der Waals surface area (Å²) in [4.78, 5) is 16.5. The first-order chi connectivity index (χ1) is 10.7. The quantitative estimate of drug-likeness (QED) is 0.859. The zero-order valence-corrected chi connectivity index (χ0v) is 13.1. The SMILES string of the molecule is CC.O=c1n(CC(F)F)c2cnccc2n1C1CCCCC1. The van der Waals surface area contributed by atoms with Crippen molar-refractivity contribution in [3.63, 3.8) is 0 Å². The van der Waals surface area contributed by atoms with Crippen LogP contribution in [-0.4, -0.2) is 20.5 Å². The van der Waals surface area contributed by atoms with E-state index in [1.54, 1.807) is 16.8 Å². The number of aromatic nitrogens is 3. The lowest BCUT2D eigenvalue weighted by Crippen LogP contribution is -2.30. The van der Waals surface area contributed by atoms with Gasteiger partial charge >= 0.3 is 5.69 Å². The molecule has 4 nitrogen and oxygen atoms in total. The third-order valence-corrected chi connectivity index (χ3v) is 4.03. The molecule has 3 rings (SSSR count). The predicted molar refractivity (Wildman–Crippen MR) is 83.5 cm³/mol. The van der Waals surface area contributed by atoms with E-state index in [-0.39, 0.29) is 11.7 Å². The summed E-state index contributed by atoms with van der Waals surface area (Å²) >= 11 is 0. The van der Waals surface area contributed by atoms with Gasteiger partial charge in [0.15, 0.2) is 0 Å². The highest BCUT2D eigenvalue weighted by atomic mass is 19.3. The summed E-state index contributed by atoms with van der Waals surface area (Å²) in [7, 11) is 0. The summed E-state index contributed by atoms with van der Waals surface area (Å²) in [5, 5.41) is 0. The molecule has 0 bridgehead atoms. The number of halogens is 2. The maximum absolute atomic E-state index is 12.7. The Hall–Kier alpha value is -1.72. The summed E-state index contributed by atoms with van der Waals surface area (Å²) in [6.07, 6.45) is 5.80. The van der Waals surface area contributed by atoms with Gasteiger partial charge in [-0.15, -0.1) is 0 Å². The van der Waals surface area contributed by atoms with Gasteiger partial charge in [-0.2, -0.15) is 0 Å². The van der Waals surface area contributed by atoms with Gasteiger partial charge in [0, 0.05) is 12.2 Å². The predicted octanol–water partition coefficient (Wildman–Crippen LogP) is 3.99. The lowest BCUT2D eigenvalue weighted by atomic mass is 9.95. The van der Waals surface area contributed by atoms with Gasteiger partial charge in [0.1, 0.15) is 0 Å². The summed E-state index contributed by atoms with van der Waals surface area (Å²) in [5.41, 5.74) is 0.890. The smallest absolute Gasteiger partial charge is 0.289 e. The molecule has 2 aromatic rings. The molecule has 122 valence electrons. The fraction of sp³-hybridized carbons (Fsp3) is 0.625. The minimum atomic E-state index is -2.54. The molecule has 0 saturated heterocycles.